The highest BCUT2D eigenvalue weighted by Gasteiger charge is 2.09. The molecule has 0 aliphatic heterocycles. The highest BCUT2D eigenvalue weighted by molar-refractivity contribution is 6.36. The van der Waals surface area contributed by atoms with Gasteiger partial charge in [-0.2, -0.15) is 0 Å². The Labute approximate surface area is 108 Å². The third-order valence-electron chi connectivity index (χ3n) is 2.44. The molecule has 0 aliphatic rings. The van der Waals surface area contributed by atoms with E-state index in [-0.39, 0.29) is 6.61 Å². The quantitative estimate of drug-likeness (QED) is 0.863. The van der Waals surface area contributed by atoms with Crippen LogP contribution in [0.5, 0.6) is 0 Å². The summed E-state index contributed by atoms with van der Waals surface area (Å²) in [6, 6.07) is 9.43. The Morgan fingerprint density at radius 1 is 1.00 bits per heavy atom. The first-order valence-electron chi connectivity index (χ1n) is 4.96. The fourth-order valence-corrected chi connectivity index (χ4v) is 2.09. The average Bonchev–Trinajstić information content (AvgIpc) is 2.30. The summed E-state index contributed by atoms with van der Waals surface area (Å²) < 4.78 is 13.8. The first kappa shape index (κ1) is 12.4. The molecule has 2 rings (SSSR count). The van der Waals surface area contributed by atoms with E-state index in [2.05, 4.69) is 0 Å². The summed E-state index contributed by atoms with van der Waals surface area (Å²) in [6.07, 6.45) is 0. The molecule has 0 saturated heterocycles. The van der Waals surface area contributed by atoms with Crippen molar-refractivity contribution in [3.8, 4) is 11.1 Å². The van der Waals surface area contributed by atoms with E-state index in [1.807, 2.05) is 0 Å². The van der Waals surface area contributed by atoms with E-state index in [1.165, 1.54) is 6.07 Å². The number of aliphatic hydroxyl groups excluding tert-OH is 1. The monoisotopic (exact) mass is 270 g/mol. The van der Waals surface area contributed by atoms with Crippen LogP contribution in [0.4, 0.5) is 4.39 Å². The Balaban J connectivity index is 2.53. The first-order chi connectivity index (χ1) is 8.11. The van der Waals surface area contributed by atoms with Crippen LogP contribution >= 0.6 is 23.2 Å². The van der Waals surface area contributed by atoms with Gasteiger partial charge in [0, 0.05) is 21.2 Å². The van der Waals surface area contributed by atoms with Crippen LogP contribution in [-0.2, 0) is 6.61 Å². The molecule has 0 aromatic heterocycles. The molecule has 0 radical (unpaired) electrons. The molecule has 4 heteroatoms. The van der Waals surface area contributed by atoms with E-state index in [1.54, 1.807) is 30.3 Å². The number of rotatable bonds is 2. The predicted octanol–water partition coefficient (Wildman–Crippen LogP) is 4.29. The van der Waals surface area contributed by atoms with Crippen LogP contribution in [-0.4, -0.2) is 5.11 Å². The summed E-state index contributed by atoms with van der Waals surface area (Å²) in [5.74, 6) is -0.416. The number of benzene rings is 2. The second-order valence-corrected chi connectivity index (χ2v) is 4.44. The van der Waals surface area contributed by atoms with E-state index >= 15 is 0 Å². The van der Waals surface area contributed by atoms with Crippen molar-refractivity contribution < 1.29 is 9.50 Å². The molecule has 1 N–H and O–H groups in total. The Hall–Kier alpha value is -1.09. The topological polar surface area (TPSA) is 20.2 Å². The van der Waals surface area contributed by atoms with Crippen molar-refractivity contribution in [2.24, 2.45) is 0 Å². The first-order valence-corrected chi connectivity index (χ1v) is 5.72. The molecular weight excluding hydrogens is 262 g/mol. The van der Waals surface area contributed by atoms with E-state index in [4.69, 9.17) is 28.3 Å². The molecule has 0 aliphatic carbocycles. The molecule has 0 amide bonds. The van der Waals surface area contributed by atoms with Crippen LogP contribution < -0.4 is 0 Å². The number of halogens is 3. The van der Waals surface area contributed by atoms with Crippen molar-refractivity contribution >= 4 is 23.2 Å². The zero-order chi connectivity index (χ0) is 12.4. The maximum absolute atomic E-state index is 13.8. The van der Waals surface area contributed by atoms with Gasteiger partial charge in [-0.1, -0.05) is 41.4 Å². The van der Waals surface area contributed by atoms with Crippen molar-refractivity contribution in [2.45, 2.75) is 6.61 Å². The average molecular weight is 271 g/mol. The summed E-state index contributed by atoms with van der Waals surface area (Å²) in [7, 11) is 0. The van der Waals surface area contributed by atoms with Gasteiger partial charge in [0.15, 0.2) is 0 Å². The third-order valence-corrected chi connectivity index (χ3v) is 2.99. The van der Waals surface area contributed by atoms with Crippen molar-refractivity contribution in [1.29, 1.82) is 0 Å². The summed E-state index contributed by atoms with van der Waals surface area (Å²) in [5.41, 5.74) is 1.50. The van der Waals surface area contributed by atoms with Crippen LogP contribution in [0.3, 0.4) is 0 Å². The van der Waals surface area contributed by atoms with E-state index < -0.39 is 5.82 Å². The smallest absolute Gasteiger partial charge is 0.131 e. The van der Waals surface area contributed by atoms with Gasteiger partial charge in [-0.25, -0.2) is 4.39 Å². The van der Waals surface area contributed by atoms with Gasteiger partial charge >= 0.3 is 0 Å². The predicted molar refractivity (Wildman–Crippen MR) is 67.8 cm³/mol. The van der Waals surface area contributed by atoms with Crippen molar-refractivity contribution in [3.63, 3.8) is 0 Å². The van der Waals surface area contributed by atoms with E-state index in [0.29, 0.717) is 26.7 Å². The number of hydrogen-bond acceptors (Lipinski definition) is 1. The van der Waals surface area contributed by atoms with Crippen LogP contribution in [0, 0.1) is 5.82 Å². The maximum atomic E-state index is 13.8. The molecule has 0 spiro atoms. The lowest BCUT2D eigenvalue weighted by molar-refractivity contribution is 0.281. The molecule has 17 heavy (non-hydrogen) atoms. The second-order valence-electron chi connectivity index (χ2n) is 3.60. The maximum Gasteiger partial charge on any atom is 0.131 e. The Morgan fingerprint density at radius 3 is 2.29 bits per heavy atom. The molecule has 1 nitrogen and oxygen atoms in total. The Morgan fingerprint density at radius 2 is 1.71 bits per heavy atom. The van der Waals surface area contributed by atoms with Gasteiger partial charge in [0.1, 0.15) is 5.82 Å². The zero-order valence-corrected chi connectivity index (χ0v) is 10.3. The van der Waals surface area contributed by atoms with Gasteiger partial charge < -0.3 is 5.11 Å². The summed E-state index contributed by atoms with van der Waals surface area (Å²) in [4.78, 5) is 0. The fourth-order valence-electron chi connectivity index (χ4n) is 1.58. The van der Waals surface area contributed by atoms with Gasteiger partial charge in [0.2, 0.25) is 0 Å². The minimum atomic E-state index is -0.416. The number of hydrogen-bond donors (Lipinski definition) is 1. The molecule has 0 atom stereocenters. The van der Waals surface area contributed by atoms with Crippen LogP contribution in [0.15, 0.2) is 36.4 Å². The molecule has 88 valence electrons. The van der Waals surface area contributed by atoms with E-state index in [9.17, 15) is 4.39 Å². The van der Waals surface area contributed by atoms with Crippen molar-refractivity contribution in [1.82, 2.24) is 0 Å². The lowest BCUT2D eigenvalue weighted by atomic mass is 10.0. The normalized spacial score (nSPS) is 10.6. The SMILES string of the molecule is OCc1ccc(-c2ccc(Cl)cc2Cl)c(F)c1. The molecule has 0 bridgehead atoms. The second kappa shape index (κ2) is 5.05. The molecule has 0 unspecified atom stereocenters. The minimum absolute atomic E-state index is 0.189. The molecule has 0 fully saturated rings. The summed E-state index contributed by atoms with van der Waals surface area (Å²) in [5, 5.41) is 9.81. The van der Waals surface area contributed by atoms with Gasteiger partial charge in [-0.3, -0.25) is 0 Å². The van der Waals surface area contributed by atoms with Crippen molar-refractivity contribution in [3.05, 3.63) is 57.8 Å². The van der Waals surface area contributed by atoms with E-state index in [0.717, 1.165) is 0 Å². The van der Waals surface area contributed by atoms with Gasteiger partial charge in [-0.15, -0.1) is 0 Å². The van der Waals surface area contributed by atoms with Gasteiger partial charge in [-0.05, 0) is 23.8 Å². The number of aliphatic hydroxyl groups is 1. The molecular formula is C13H9Cl2FO. The summed E-state index contributed by atoms with van der Waals surface area (Å²) in [6.45, 7) is -0.189. The fraction of sp³-hybridized carbons (Fsp3) is 0.0769. The highest BCUT2D eigenvalue weighted by Crippen LogP contribution is 2.32. The summed E-state index contributed by atoms with van der Waals surface area (Å²) >= 11 is 11.8. The lowest BCUT2D eigenvalue weighted by Crippen LogP contribution is -1.89. The molecule has 2 aromatic carbocycles. The third kappa shape index (κ3) is 2.60. The van der Waals surface area contributed by atoms with Crippen LogP contribution in [0.25, 0.3) is 11.1 Å². The minimum Gasteiger partial charge on any atom is -0.392 e. The molecule has 0 saturated carbocycles. The Kier molecular flexibility index (Phi) is 3.67. The standard InChI is InChI=1S/C13H9Cl2FO/c14-9-2-4-10(12(15)6-9)11-3-1-8(7-17)5-13(11)16/h1-6,17H,7H2. The van der Waals surface area contributed by atoms with Crippen molar-refractivity contribution in [2.75, 3.05) is 0 Å². The Bertz CT molecular complexity index is 555. The lowest BCUT2D eigenvalue weighted by Gasteiger charge is -2.07. The molecule has 0 heterocycles. The highest BCUT2D eigenvalue weighted by atomic mass is 35.5. The van der Waals surface area contributed by atoms with Gasteiger partial charge in [0.25, 0.3) is 0 Å². The molecule has 2 aromatic rings. The zero-order valence-electron chi connectivity index (χ0n) is 8.75. The van der Waals surface area contributed by atoms with Crippen LogP contribution in [0.1, 0.15) is 5.56 Å². The van der Waals surface area contributed by atoms with Crippen LogP contribution in [0.2, 0.25) is 10.0 Å². The largest absolute Gasteiger partial charge is 0.392 e. The van der Waals surface area contributed by atoms with Gasteiger partial charge in [0.05, 0.1) is 6.61 Å².